The molecule has 0 aromatic heterocycles. The van der Waals surface area contributed by atoms with E-state index in [0.717, 1.165) is 19.4 Å². The number of nitrogens with one attached hydrogen (secondary N) is 1. The van der Waals surface area contributed by atoms with Gasteiger partial charge in [0.25, 0.3) is 0 Å². The van der Waals surface area contributed by atoms with Gasteiger partial charge in [-0.2, -0.15) is 0 Å². The maximum absolute atomic E-state index is 11.7. The summed E-state index contributed by atoms with van der Waals surface area (Å²) in [6, 6.07) is 8.67. The molecule has 19 heavy (non-hydrogen) atoms. The minimum Gasteiger partial charge on any atom is -0.310 e. The molecule has 0 bridgehead atoms. The highest BCUT2D eigenvalue weighted by Gasteiger charge is 2.34. The third-order valence-electron chi connectivity index (χ3n) is 3.88. The highest BCUT2D eigenvalue weighted by Crippen LogP contribution is 2.31. The van der Waals surface area contributed by atoms with E-state index in [1.807, 2.05) is 0 Å². The maximum atomic E-state index is 11.7. The fraction of sp³-hybridized carbons (Fsp3) is 0.600. The molecule has 1 aliphatic rings. The summed E-state index contributed by atoms with van der Waals surface area (Å²) in [5.41, 5.74) is 2.53. The number of benzene rings is 1. The number of rotatable bonds is 5. The first-order valence-electron chi connectivity index (χ1n) is 7.08. The van der Waals surface area contributed by atoms with Crippen molar-refractivity contribution in [2.24, 2.45) is 5.92 Å². The van der Waals surface area contributed by atoms with Crippen molar-refractivity contribution < 1.29 is 8.42 Å². The lowest BCUT2D eigenvalue weighted by atomic mass is 9.91. The van der Waals surface area contributed by atoms with Gasteiger partial charge in [-0.05, 0) is 36.4 Å². The minimum atomic E-state index is -2.82. The van der Waals surface area contributed by atoms with Crippen LogP contribution in [0.5, 0.6) is 0 Å². The molecule has 1 fully saturated rings. The summed E-state index contributed by atoms with van der Waals surface area (Å²) < 4.78 is 23.4. The molecule has 2 unspecified atom stereocenters. The van der Waals surface area contributed by atoms with Gasteiger partial charge in [-0.3, -0.25) is 0 Å². The Bertz CT molecular complexity index is 525. The second kappa shape index (κ2) is 6.06. The van der Waals surface area contributed by atoms with Crippen LogP contribution in [-0.2, 0) is 16.3 Å². The van der Waals surface area contributed by atoms with E-state index >= 15 is 0 Å². The lowest BCUT2D eigenvalue weighted by molar-refractivity contribution is 0.400. The van der Waals surface area contributed by atoms with E-state index in [4.69, 9.17) is 0 Å². The first-order chi connectivity index (χ1) is 9.05. The fourth-order valence-corrected chi connectivity index (χ4v) is 4.71. The van der Waals surface area contributed by atoms with Gasteiger partial charge >= 0.3 is 0 Å². The van der Waals surface area contributed by atoms with Crippen LogP contribution in [0.2, 0.25) is 0 Å². The molecule has 1 aromatic rings. The van der Waals surface area contributed by atoms with Crippen LogP contribution in [0.25, 0.3) is 0 Å². The van der Waals surface area contributed by atoms with Crippen molar-refractivity contribution in [2.75, 3.05) is 18.1 Å². The predicted octanol–water partition coefficient (Wildman–Crippen LogP) is 2.33. The van der Waals surface area contributed by atoms with Gasteiger partial charge in [0, 0.05) is 6.04 Å². The number of sulfone groups is 1. The summed E-state index contributed by atoms with van der Waals surface area (Å²) in [7, 11) is -2.82. The molecule has 0 saturated carbocycles. The zero-order valence-corrected chi connectivity index (χ0v) is 12.5. The Morgan fingerprint density at radius 3 is 2.74 bits per heavy atom. The van der Waals surface area contributed by atoms with Crippen molar-refractivity contribution in [3.63, 3.8) is 0 Å². The van der Waals surface area contributed by atoms with Gasteiger partial charge in [-0.15, -0.1) is 0 Å². The van der Waals surface area contributed by atoms with Crippen LogP contribution in [0.15, 0.2) is 24.3 Å². The maximum Gasteiger partial charge on any atom is 0.150 e. The van der Waals surface area contributed by atoms with Crippen molar-refractivity contribution in [1.29, 1.82) is 0 Å². The van der Waals surface area contributed by atoms with E-state index in [1.54, 1.807) is 0 Å². The van der Waals surface area contributed by atoms with E-state index < -0.39 is 9.84 Å². The Labute approximate surface area is 116 Å². The molecular weight excluding hydrogens is 258 g/mol. The van der Waals surface area contributed by atoms with Gasteiger partial charge in [0.2, 0.25) is 0 Å². The summed E-state index contributed by atoms with van der Waals surface area (Å²) in [6.07, 6.45) is 1.78. The van der Waals surface area contributed by atoms with Gasteiger partial charge in [0.15, 0.2) is 9.84 Å². The van der Waals surface area contributed by atoms with Gasteiger partial charge < -0.3 is 5.32 Å². The van der Waals surface area contributed by atoms with Crippen LogP contribution in [-0.4, -0.2) is 26.5 Å². The van der Waals surface area contributed by atoms with E-state index in [0.29, 0.717) is 11.5 Å². The topological polar surface area (TPSA) is 46.2 Å². The predicted molar refractivity (Wildman–Crippen MR) is 79.0 cm³/mol. The van der Waals surface area contributed by atoms with Crippen LogP contribution < -0.4 is 5.32 Å². The van der Waals surface area contributed by atoms with Gasteiger partial charge in [0.1, 0.15) is 0 Å². The quantitative estimate of drug-likeness (QED) is 0.901. The second-order valence-corrected chi connectivity index (χ2v) is 7.53. The number of hydrogen-bond acceptors (Lipinski definition) is 3. The summed E-state index contributed by atoms with van der Waals surface area (Å²) >= 11 is 0. The molecule has 1 aliphatic heterocycles. The molecule has 0 radical (unpaired) electrons. The molecular formula is C15H23NO2S. The highest BCUT2D eigenvalue weighted by atomic mass is 32.2. The first-order valence-corrected chi connectivity index (χ1v) is 8.90. The zero-order valence-electron chi connectivity index (χ0n) is 11.7. The van der Waals surface area contributed by atoms with E-state index in [9.17, 15) is 8.42 Å². The minimum absolute atomic E-state index is 0.161. The molecule has 2 rings (SSSR count). The Morgan fingerprint density at radius 2 is 2.16 bits per heavy atom. The average molecular weight is 281 g/mol. The van der Waals surface area contributed by atoms with Crippen LogP contribution in [0.1, 0.15) is 37.4 Å². The molecule has 106 valence electrons. The van der Waals surface area contributed by atoms with Crippen LogP contribution in [0, 0.1) is 5.92 Å². The van der Waals surface area contributed by atoms with Crippen molar-refractivity contribution >= 4 is 9.84 Å². The lowest BCUT2D eigenvalue weighted by Gasteiger charge is -2.24. The lowest BCUT2D eigenvalue weighted by Crippen LogP contribution is -2.29. The van der Waals surface area contributed by atoms with Crippen molar-refractivity contribution in [3.05, 3.63) is 35.4 Å². The van der Waals surface area contributed by atoms with Crippen LogP contribution in [0.3, 0.4) is 0 Å². The third kappa shape index (κ3) is 3.57. The molecule has 4 heteroatoms. The van der Waals surface area contributed by atoms with Gasteiger partial charge in [0.05, 0.1) is 11.5 Å². The summed E-state index contributed by atoms with van der Waals surface area (Å²) in [6.45, 7) is 5.07. The Kier molecular flexibility index (Phi) is 4.63. The number of aryl methyl sites for hydroxylation is 1. The molecule has 0 spiro atoms. The molecule has 1 aromatic carbocycles. The SMILES string of the molecule is CCNC(c1cccc(CC)c1)C1CCS(=O)(=O)C1. The smallest absolute Gasteiger partial charge is 0.150 e. The molecule has 1 saturated heterocycles. The first kappa shape index (κ1) is 14.5. The van der Waals surface area contributed by atoms with E-state index in [1.165, 1.54) is 11.1 Å². The molecule has 1 heterocycles. The molecule has 0 aliphatic carbocycles. The van der Waals surface area contributed by atoms with Crippen molar-refractivity contribution in [2.45, 2.75) is 32.7 Å². The Hall–Kier alpha value is -0.870. The van der Waals surface area contributed by atoms with Crippen LogP contribution >= 0.6 is 0 Å². The van der Waals surface area contributed by atoms with E-state index in [2.05, 4.69) is 43.4 Å². The molecule has 1 N–H and O–H groups in total. The third-order valence-corrected chi connectivity index (χ3v) is 5.68. The molecule has 2 atom stereocenters. The largest absolute Gasteiger partial charge is 0.310 e. The molecule has 3 nitrogen and oxygen atoms in total. The fourth-order valence-electron chi connectivity index (χ4n) is 2.87. The van der Waals surface area contributed by atoms with Crippen LogP contribution in [0.4, 0.5) is 0 Å². The summed E-state index contributed by atoms with van der Waals surface area (Å²) in [5, 5.41) is 3.47. The van der Waals surface area contributed by atoms with Gasteiger partial charge in [-0.1, -0.05) is 38.1 Å². The Morgan fingerprint density at radius 1 is 1.37 bits per heavy atom. The zero-order chi connectivity index (χ0) is 13.9. The Balaban J connectivity index is 2.24. The average Bonchev–Trinajstić information content (AvgIpc) is 2.76. The van der Waals surface area contributed by atoms with Gasteiger partial charge in [-0.25, -0.2) is 8.42 Å². The second-order valence-electron chi connectivity index (χ2n) is 5.30. The monoisotopic (exact) mass is 281 g/mol. The highest BCUT2D eigenvalue weighted by molar-refractivity contribution is 7.91. The van der Waals surface area contributed by atoms with Crippen molar-refractivity contribution in [1.82, 2.24) is 5.32 Å². The standard InChI is InChI=1S/C15H23NO2S/c1-3-12-6-5-7-13(10-12)15(16-4-2)14-8-9-19(17,18)11-14/h5-7,10,14-16H,3-4,8-9,11H2,1-2H3. The normalized spacial score (nSPS) is 23.4. The van der Waals surface area contributed by atoms with Crippen molar-refractivity contribution in [3.8, 4) is 0 Å². The summed E-state index contributed by atoms with van der Waals surface area (Å²) in [5.74, 6) is 0.866. The molecule has 0 amide bonds. The van der Waals surface area contributed by atoms with E-state index in [-0.39, 0.29) is 12.0 Å². The summed E-state index contributed by atoms with van der Waals surface area (Å²) in [4.78, 5) is 0. The number of hydrogen-bond donors (Lipinski definition) is 1.